The van der Waals surface area contributed by atoms with E-state index in [1.54, 1.807) is 11.8 Å². The fourth-order valence-electron chi connectivity index (χ4n) is 2.98. The predicted octanol–water partition coefficient (Wildman–Crippen LogP) is 3.33. The number of urea groups is 1. The van der Waals surface area contributed by atoms with Gasteiger partial charge in [-0.25, -0.2) is 4.79 Å². The molecule has 1 N–H and O–H groups in total. The molecule has 1 saturated heterocycles. The van der Waals surface area contributed by atoms with Crippen LogP contribution in [0.4, 0.5) is 4.79 Å². The highest BCUT2D eigenvalue weighted by atomic mass is 16.5. The van der Waals surface area contributed by atoms with E-state index in [-0.39, 0.29) is 12.1 Å². The molecule has 2 aromatic carbocycles. The van der Waals surface area contributed by atoms with Gasteiger partial charge in [0.2, 0.25) is 0 Å². The molecule has 2 heterocycles. The van der Waals surface area contributed by atoms with Gasteiger partial charge in [0.1, 0.15) is 11.9 Å². The lowest BCUT2D eigenvalue weighted by Crippen LogP contribution is -2.58. The van der Waals surface area contributed by atoms with Gasteiger partial charge < -0.3 is 19.5 Å². The lowest BCUT2D eigenvalue weighted by molar-refractivity contribution is 0.0443. The Hall–Kier alpha value is -3.35. The number of amides is 2. The molecule has 0 radical (unpaired) electrons. The Bertz CT molecular complexity index is 962. The predicted molar refractivity (Wildman–Crippen MR) is 104 cm³/mol. The fourth-order valence-corrected chi connectivity index (χ4v) is 2.98. The number of nitrogens with one attached hydrogen (secondary N) is 1. The van der Waals surface area contributed by atoms with Crippen molar-refractivity contribution in [1.29, 1.82) is 0 Å². The monoisotopic (exact) mass is 378 g/mol. The van der Waals surface area contributed by atoms with Crippen LogP contribution >= 0.6 is 0 Å². The molecule has 1 fully saturated rings. The second-order valence-corrected chi connectivity index (χ2v) is 6.96. The SMILES string of the molecule is Cc1ccc(CNC(=O)N2CC(Oc3cccc(-c4nc(C)no4)c3)C2)cc1. The highest BCUT2D eigenvalue weighted by Gasteiger charge is 2.32. The first-order valence-corrected chi connectivity index (χ1v) is 9.22. The third kappa shape index (κ3) is 4.14. The molecule has 0 atom stereocenters. The van der Waals surface area contributed by atoms with Crippen LogP contribution in [0.5, 0.6) is 5.75 Å². The van der Waals surface area contributed by atoms with Crippen molar-refractivity contribution in [3.8, 4) is 17.2 Å². The van der Waals surface area contributed by atoms with Crippen LogP contribution in [0.15, 0.2) is 53.1 Å². The quantitative estimate of drug-likeness (QED) is 0.737. The van der Waals surface area contributed by atoms with Crippen molar-refractivity contribution in [1.82, 2.24) is 20.4 Å². The molecule has 4 rings (SSSR count). The molecule has 0 bridgehead atoms. The molecule has 28 heavy (non-hydrogen) atoms. The largest absolute Gasteiger partial charge is 0.487 e. The van der Waals surface area contributed by atoms with Gasteiger partial charge in [0, 0.05) is 12.1 Å². The van der Waals surface area contributed by atoms with Crippen LogP contribution in [-0.4, -0.2) is 40.3 Å². The summed E-state index contributed by atoms with van der Waals surface area (Å²) < 4.78 is 11.2. The number of carbonyl (C=O) groups excluding carboxylic acids is 1. The summed E-state index contributed by atoms with van der Waals surface area (Å²) in [5, 5.41) is 6.75. The number of carbonyl (C=O) groups is 1. The van der Waals surface area contributed by atoms with Crippen LogP contribution in [0.2, 0.25) is 0 Å². The molecule has 0 aliphatic carbocycles. The number of nitrogens with zero attached hydrogens (tertiary/aromatic N) is 3. The molecular weight excluding hydrogens is 356 g/mol. The molecule has 3 aromatic rings. The summed E-state index contributed by atoms with van der Waals surface area (Å²) in [6, 6.07) is 15.6. The molecule has 2 amide bonds. The number of aryl methyl sites for hydroxylation is 2. The molecule has 7 heteroatoms. The summed E-state index contributed by atoms with van der Waals surface area (Å²) in [6.45, 7) is 5.46. The third-order valence-electron chi connectivity index (χ3n) is 4.61. The molecule has 1 aromatic heterocycles. The molecule has 1 aliphatic rings. The number of ether oxygens (including phenoxy) is 1. The van der Waals surface area contributed by atoms with Gasteiger partial charge in [-0.1, -0.05) is 41.1 Å². The first kappa shape index (κ1) is 18.0. The minimum Gasteiger partial charge on any atom is -0.487 e. The molecule has 0 spiro atoms. The van der Waals surface area contributed by atoms with Crippen LogP contribution in [-0.2, 0) is 6.54 Å². The smallest absolute Gasteiger partial charge is 0.317 e. The van der Waals surface area contributed by atoms with Crippen LogP contribution < -0.4 is 10.1 Å². The summed E-state index contributed by atoms with van der Waals surface area (Å²) in [5.41, 5.74) is 3.10. The van der Waals surface area contributed by atoms with Crippen molar-refractivity contribution in [2.24, 2.45) is 0 Å². The van der Waals surface area contributed by atoms with Crippen molar-refractivity contribution in [2.45, 2.75) is 26.5 Å². The van der Waals surface area contributed by atoms with E-state index < -0.39 is 0 Å². The van der Waals surface area contributed by atoms with Crippen LogP contribution in [0.1, 0.15) is 17.0 Å². The van der Waals surface area contributed by atoms with Gasteiger partial charge in [0.25, 0.3) is 5.89 Å². The summed E-state index contributed by atoms with van der Waals surface area (Å²) in [7, 11) is 0. The van der Waals surface area contributed by atoms with Crippen molar-refractivity contribution >= 4 is 6.03 Å². The lowest BCUT2D eigenvalue weighted by atomic mass is 10.1. The molecule has 0 saturated carbocycles. The molecule has 144 valence electrons. The van der Waals surface area contributed by atoms with Gasteiger partial charge in [0.05, 0.1) is 13.1 Å². The number of likely N-dealkylation sites (tertiary alicyclic amines) is 1. The van der Waals surface area contributed by atoms with Crippen molar-refractivity contribution < 1.29 is 14.1 Å². The Labute approximate surface area is 163 Å². The van der Waals surface area contributed by atoms with E-state index >= 15 is 0 Å². The van der Waals surface area contributed by atoms with Gasteiger partial charge in [-0.2, -0.15) is 4.98 Å². The van der Waals surface area contributed by atoms with E-state index in [9.17, 15) is 4.79 Å². The minimum absolute atomic E-state index is 0.0233. The average Bonchev–Trinajstić information content (AvgIpc) is 3.10. The Morgan fingerprint density at radius 2 is 2.00 bits per heavy atom. The van der Waals surface area contributed by atoms with Crippen molar-refractivity contribution in [3.05, 3.63) is 65.5 Å². The number of hydrogen-bond acceptors (Lipinski definition) is 5. The third-order valence-corrected chi connectivity index (χ3v) is 4.61. The van der Waals surface area contributed by atoms with Crippen molar-refractivity contribution in [2.75, 3.05) is 13.1 Å². The molecular formula is C21H22N4O3. The second kappa shape index (κ2) is 7.72. The van der Waals surface area contributed by atoms with Gasteiger partial charge in [-0.15, -0.1) is 0 Å². The van der Waals surface area contributed by atoms with E-state index in [1.165, 1.54) is 5.56 Å². The summed E-state index contributed by atoms with van der Waals surface area (Å²) in [5.74, 6) is 1.78. The van der Waals surface area contributed by atoms with E-state index in [0.29, 0.717) is 31.3 Å². The normalized spacial score (nSPS) is 13.9. The van der Waals surface area contributed by atoms with Gasteiger partial charge >= 0.3 is 6.03 Å². The standard InChI is InChI=1S/C21H22N4O3/c1-14-6-8-16(9-7-14)11-22-21(26)25-12-19(13-25)27-18-5-3-4-17(10-18)20-23-15(2)24-28-20/h3-10,19H,11-13H2,1-2H3,(H,22,26). The minimum atomic E-state index is -0.0736. The summed E-state index contributed by atoms with van der Waals surface area (Å²) >= 11 is 0. The number of benzene rings is 2. The maximum absolute atomic E-state index is 12.2. The fraction of sp³-hybridized carbons (Fsp3) is 0.286. The average molecular weight is 378 g/mol. The Morgan fingerprint density at radius 3 is 2.71 bits per heavy atom. The number of hydrogen-bond donors (Lipinski definition) is 1. The van der Waals surface area contributed by atoms with Gasteiger partial charge in [-0.05, 0) is 37.6 Å². The van der Waals surface area contributed by atoms with Crippen LogP contribution in [0.25, 0.3) is 11.5 Å². The first-order chi connectivity index (χ1) is 13.6. The second-order valence-electron chi connectivity index (χ2n) is 6.96. The van der Waals surface area contributed by atoms with E-state index in [2.05, 4.69) is 15.5 Å². The summed E-state index contributed by atoms with van der Waals surface area (Å²) in [6.07, 6.45) is -0.0233. The maximum atomic E-state index is 12.2. The number of rotatable bonds is 5. The topological polar surface area (TPSA) is 80.5 Å². The Balaban J connectivity index is 1.26. The van der Waals surface area contributed by atoms with Gasteiger partial charge in [0.15, 0.2) is 5.82 Å². The van der Waals surface area contributed by atoms with E-state index in [0.717, 1.165) is 16.9 Å². The first-order valence-electron chi connectivity index (χ1n) is 9.22. The highest BCUT2D eigenvalue weighted by Crippen LogP contribution is 2.24. The van der Waals surface area contributed by atoms with Crippen molar-refractivity contribution in [3.63, 3.8) is 0 Å². The zero-order valence-electron chi connectivity index (χ0n) is 15.9. The molecule has 0 unspecified atom stereocenters. The van der Waals surface area contributed by atoms with Gasteiger partial charge in [-0.3, -0.25) is 0 Å². The van der Waals surface area contributed by atoms with E-state index in [1.807, 2.05) is 55.5 Å². The molecule has 1 aliphatic heterocycles. The zero-order chi connectivity index (χ0) is 19.5. The Morgan fingerprint density at radius 1 is 1.21 bits per heavy atom. The number of aromatic nitrogens is 2. The lowest BCUT2D eigenvalue weighted by Gasteiger charge is -2.38. The zero-order valence-corrected chi connectivity index (χ0v) is 15.9. The maximum Gasteiger partial charge on any atom is 0.317 e. The van der Waals surface area contributed by atoms with Crippen LogP contribution in [0.3, 0.4) is 0 Å². The summed E-state index contributed by atoms with van der Waals surface area (Å²) in [4.78, 5) is 18.2. The van der Waals surface area contributed by atoms with Crippen LogP contribution in [0, 0.1) is 13.8 Å². The Kier molecular flexibility index (Phi) is 4.97. The molecule has 7 nitrogen and oxygen atoms in total. The highest BCUT2D eigenvalue weighted by molar-refractivity contribution is 5.75. The van der Waals surface area contributed by atoms with E-state index in [4.69, 9.17) is 9.26 Å².